The predicted molar refractivity (Wildman–Crippen MR) is 138 cm³/mol. The molecule has 0 unspecified atom stereocenters. The average Bonchev–Trinajstić information content (AvgIpc) is 3.16. The molecule has 1 amide bonds. The summed E-state index contributed by atoms with van der Waals surface area (Å²) in [7, 11) is 0. The maximum atomic E-state index is 12.8. The number of ether oxygens (including phenoxy) is 1. The van der Waals surface area contributed by atoms with Gasteiger partial charge in [0, 0.05) is 25.3 Å². The Labute approximate surface area is 230 Å². The molecule has 0 radical (unpaired) electrons. The number of nitrogens with zero attached hydrogens (tertiary/aromatic N) is 1. The number of aliphatic hydroxyl groups is 3. The molecular weight excluding hydrogens is 537 g/mol. The van der Waals surface area contributed by atoms with Crippen molar-refractivity contribution in [3.8, 4) is 5.75 Å². The number of aliphatic hydroxyl groups excluding tert-OH is 3. The van der Waals surface area contributed by atoms with E-state index in [9.17, 15) is 43.4 Å². The molecule has 10 nitrogen and oxygen atoms in total. The van der Waals surface area contributed by atoms with Crippen LogP contribution in [0, 0.1) is 22.0 Å². The number of hydrogen-bond donors (Lipinski definition) is 4. The summed E-state index contributed by atoms with van der Waals surface area (Å²) in [5.41, 5.74) is -0.854. The zero-order valence-corrected chi connectivity index (χ0v) is 22.0. The first kappa shape index (κ1) is 33.0. The minimum absolute atomic E-state index is 0.00463. The number of amides is 1. The quantitative estimate of drug-likeness (QED) is 0.0954. The van der Waals surface area contributed by atoms with Gasteiger partial charge in [-0.2, -0.15) is 13.2 Å². The van der Waals surface area contributed by atoms with Crippen LogP contribution in [0.2, 0.25) is 0 Å². The van der Waals surface area contributed by atoms with Crippen molar-refractivity contribution in [2.75, 3.05) is 19.8 Å². The van der Waals surface area contributed by atoms with Gasteiger partial charge in [0.15, 0.2) is 0 Å². The van der Waals surface area contributed by atoms with E-state index in [1.54, 1.807) is 6.08 Å². The van der Waals surface area contributed by atoms with Crippen LogP contribution in [-0.4, -0.2) is 64.4 Å². The molecule has 1 saturated carbocycles. The molecule has 224 valence electrons. The van der Waals surface area contributed by atoms with Crippen molar-refractivity contribution in [3.05, 3.63) is 64.2 Å². The molecule has 5 atom stereocenters. The van der Waals surface area contributed by atoms with Gasteiger partial charge in [0.25, 0.3) is 5.09 Å². The number of alkyl halides is 3. The van der Waals surface area contributed by atoms with E-state index in [1.807, 2.05) is 12.2 Å². The van der Waals surface area contributed by atoms with E-state index in [1.165, 1.54) is 18.2 Å². The SMILES string of the molecule is O=C(CCC/C=C\C[C@@H]1[C@@H](/C=C/[C@@H](O)COc2cccc(C(F)(F)F)c2)[C@H](O)C[C@@H]1O)NCCCCO[N+](=O)[O-]. The number of nitrogens with one attached hydrogen (secondary N) is 1. The maximum Gasteiger partial charge on any atom is 0.416 e. The van der Waals surface area contributed by atoms with Gasteiger partial charge in [-0.3, -0.25) is 4.79 Å². The monoisotopic (exact) mass is 574 g/mol. The fourth-order valence-electron chi connectivity index (χ4n) is 4.40. The standard InChI is InChI=1S/C27H37F3N2O8/c28-27(29,30)19-8-7-9-21(16-19)39-18-20(33)12-13-23-22(24(34)17-25(23)35)10-3-1-2-4-11-26(36)31-14-5-6-15-40-32(37)38/h1,3,7-9,12-13,16,20,22-25,33-35H,2,4-6,10-11,14-15,17-18H2,(H,31,36)/b3-1-,13-12+/t20-,22-,23-,24+,25-/m1/s1. The predicted octanol–water partition coefficient (Wildman–Crippen LogP) is 3.58. The molecule has 0 aliphatic heterocycles. The molecule has 0 heterocycles. The van der Waals surface area contributed by atoms with Crippen LogP contribution >= 0.6 is 0 Å². The van der Waals surface area contributed by atoms with Gasteiger partial charge in [-0.05, 0) is 56.2 Å². The van der Waals surface area contributed by atoms with Crippen molar-refractivity contribution in [2.24, 2.45) is 11.8 Å². The van der Waals surface area contributed by atoms with E-state index in [0.29, 0.717) is 45.1 Å². The fraction of sp³-hybridized carbons (Fsp3) is 0.593. The number of unbranched alkanes of at least 4 members (excludes halogenated alkanes) is 2. The first-order valence-corrected chi connectivity index (χ1v) is 13.2. The lowest BCUT2D eigenvalue weighted by Gasteiger charge is -2.19. The summed E-state index contributed by atoms with van der Waals surface area (Å²) in [6.07, 6.45) is 2.89. The third kappa shape index (κ3) is 12.3. The van der Waals surface area contributed by atoms with Crippen LogP contribution in [0.15, 0.2) is 48.6 Å². The third-order valence-electron chi connectivity index (χ3n) is 6.49. The summed E-state index contributed by atoms with van der Waals surface area (Å²) >= 11 is 0. The van der Waals surface area contributed by atoms with Gasteiger partial charge >= 0.3 is 6.18 Å². The number of benzene rings is 1. The Hall–Kier alpha value is -3.16. The Bertz CT molecular complexity index is 989. The van der Waals surface area contributed by atoms with Crippen LogP contribution in [0.25, 0.3) is 0 Å². The van der Waals surface area contributed by atoms with Crippen molar-refractivity contribution in [3.63, 3.8) is 0 Å². The molecule has 13 heteroatoms. The van der Waals surface area contributed by atoms with Crippen molar-refractivity contribution >= 4 is 5.91 Å². The van der Waals surface area contributed by atoms with Crippen LogP contribution in [0.3, 0.4) is 0 Å². The maximum absolute atomic E-state index is 12.8. The van der Waals surface area contributed by atoms with Gasteiger partial charge in [-0.1, -0.05) is 30.4 Å². The highest BCUT2D eigenvalue weighted by Crippen LogP contribution is 2.36. The van der Waals surface area contributed by atoms with Crippen LogP contribution < -0.4 is 10.1 Å². The zero-order valence-electron chi connectivity index (χ0n) is 22.0. The molecule has 2 rings (SSSR count). The largest absolute Gasteiger partial charge is 0.491 e. The highest BCUT2D eigenvalue weighted by atomic mass is 19.4. The zero-order chi connectivity index (χ0) is 29.5. The Balaban J connectivity index is 1.70. The Morgan fingerprint density at radius 1 is 1.20 bits per heavy atom. The molecule has 1 aliphatic carbocycles. The van der Waals surface area contributed by atoms with E-state index in [0.717, 1.165) is 12.1 Å². The average molecular weight is 575 g/mol. The van der Waals surface area contributed by atoms with Crippen LogP contribution in [-0.2, 0) is 15.8 Å². The summed E-state index contributed by atoms with van der Waals surface area (Å²) in [4.78, 5) is 26.1. The lowest BCUT2D eigenvalue weighted by molar-refractivity contribution is -0.757. The van der Waals surface area contributed by atoms with Crippen molar-refractivity contribution in [1.82, 2.24) is 5.32 Å². The Morgan fingerprint density at radius 3 is 2.70 bits per heavy atom. The summed E-state index contributed by atoms with van der Waals surface area (Å²) in [6.45, 7) is 0.130. The van der Waals surface area contributed by atoms with Gasteiger partial charge in [-0.25, -0.2) is 0 Å². The second kappa shape index (κ2) is 16.8. The topological polar surface area (TPSA) is 151 Å². The third-order valence-corrected chi connectivity index (χ3v) is 6.49. The summed E-state index contributed by atoms with van der Waals surface area (Å²) in [6, 6.07) is 4.35. The lowest BCUT2D eigenvalue weighted by Crippen LogP contribution is -2.24. The molecule has 0 spiro atoms. The van der Waals surface area contributed by atoms with Gasteiger partial charge in [0.05, 0.1) is 24.4 Å². The second-order valence-electron chi connectivity index (χ2n) is 9.61. The molecule has 0 saturated heterocycles. The minimum atomic E-state index is -4.50. The van der Waals surface area contributed by atoms with Crippen molar-refractivity contribution in [1.29, 1.82) is 0 Å². The summed E-state index contributed by atoms with van der Waals surface area (Å²) in [5, 5.41) is 42.9. The highest BCUT2D eigenvalue weighted by Gasteiger charge is 2.39. The van der Waals surface area contributed by atoms with Gasteiger partial charge in [0.1, 0.15) is 18.5 Å². The van der Waals surface area contributed by atoms with Crippen LogP contribution in [0.4, 0.5) is 13.2 Å². The normalized spacial score (nSPS) is 22.1. The van der Waals surface area contributed by atoms with E-state index in [2.05, 4.69) is 10.2 Å². The molecule has 0 aromatic heterocycles. The first-order valence-electron chi connectivity index (χ1n) is 13.2. The molecule has 1 aliphatic rings. The molecule has 0 bridgehead atoms. The van der Waals surface area contributed by atoms with Crippen LogP contribution in [0.1, 0.15) is 50.5 Å². The number of hydrogen-bond acceptors (Lipinski definition) is 8. The van der Waals surface area contributed by atoms with E-state index in [-0.39, 0.29) is 37.2 Å². The molecule has 1 fully saturated rings. The fourth-order valence-corrected chi connectivity index (χ4v) is 4.40. The molecule has 1 aromatic rings. The number of carbonyl (C=O) groups excluding carboxylic acids is 1. The van der Waals surface area contributed by atoms with Gasteiger partial charge in [-0.15, -0.1) is 10.1 Å². The molecule has 40 heavy (non-hydrogen) atoms. The number of rotatable bonds is 17. The number of carbonyl (C=O) groups is 1. The Kier molecular flexibility index (Phi) is 13.9. The second-order valence-corrected chi connectivity index (χ2v) is 9.61. The molecular formula is C27H37F3N2O8. The lowest BCUT2D eigenvalue weighted by atomic mass is 9.89. The minimum Gasteiger partial charge on any atom is -0.491 e. The summed E-state index contributed by atoms with van der Waals surface area (Å²) in [5.74, 6) is -0.857. The van der Waals surface area contributed by atoms with Crippen LogP contribution in [0.5, 0.6) is 5.75 Å². The molecule has 4 N–H and O–H groups in total. The van der Waals surface area contributed by atoms with Crippen molar-refractivity contribution < 1.29 is 47.9 Å². The smallest absolute Gasteiger partial charge is 0.416 e. The number of halogens is 3. The number of allylic oxidation sites excluding steroid dienone is 2. The van der Waals surface area contributed by atoms with E-state index >= 15 is 0 Å². The van der Waals surface area contributed by atoms with Gasteiger partial charge in [0.2, 0.25) is 5.91 Å². The molecule has 1 aromatic carbocycles. The van der Waals surface area contributed by atoms with Crippen molar-refractivity contribution in [2.45, 2.75) is 69.4 Å². The van der Waals surface area contributed by atoms with Gasteiger partial charge < -0.3 is 30.2 Å². The first-order chi connectivity index (χ1) is 19.0. The summed E-state index contributed by atoms with van der Waals surface area (Å²) < 4.78 is 43.8. The van der Waals surface area contributed by atoms with E-state index < -0.39 is 41.1 Å². The Morgan fingerprint density at radius 2 is 1.98 bits per heavy atom. The highest BCUT2D eigenvalue weighted by molar-refractivity contribution is 5.75. The van der Waals surface area contributed by atoms with E-state index in [4.69, 9.17) is 4.74 Å².